The van der Waals surface area contributed by atoms with E-state index in [1.54, 1.807) is 44.1 Å². The molecule has 4 aromatic rings. The van der Waals surface area contributed by atoms with E-state index in [2.05, 4.69) is 43.8 Å². The highest BCUT2D eigenvalue weighted by molar-refractivity contribution is 6.74. The first-order chi connectivity index (χ1) is 23.3. The van der Waals surface area contributed by atoms with Gasteiger partial charge in [0.05, 0.1) is 75.0 Å². The SMILES string of the molecule is COCOC(CO)Cn1c(=O)cnc2ccc(OC)cc21.COCOC(CO[Si](C)(C)C(C)(C)C)Cn1c(=O)cnc2ccc(OC)cc21. The van der Waals surface area contributed by atoms with Gasteiger partial charge >= 0.3 is 0 Å². The van der Waals surface area contributed by atoms with Crippen molar-refractivity contribution >= 4 is 30.4 Å². The fourth-order valence-corrected chi connectivity index (χ4v) is 5.52. The third kappa shape index (κ3) is 10.9. The van der Waals surface area contributed by atoms with Crippen LogP contribution in [0.15, 0.2) is 58.4 Å². The summed E-state index contributed by atoms with van der Waals surface area (Å²) < 4.78 is 41.0. The van der Waals surface area contributed by atoms with E-state index >= 15 is 0 Å². The quantitative estimate of drug-likeness (QED) is 0.133. The van der Waals surface area contributed by atoms with E-state index in [0.717, 1.165) is 5.52 Å². The van der Waals surface area contributed by atoms with Crippen LogP contribution < -0.4 is 20.6 Å². The summed E-state index contributed by atoms with van der Waals surface area (Å²) in [6.07, 6.45) is 1.71. The number of fused-ring (bicyclic) bond motifs is 2. The number of aliphatic hydroxyl groups excluding tert-OH is 1. The average Bonchev–Trinajstić information content (AvgIpc) is 3.08. The Morgan fingerprint density at radius 2 is 1.20 bits per heavy atom. The van der Waals surface area contributed by atoms with Gasteiger partial charge in [0.2, 0.25) is 0 Å². The predicted molar refractivity (Wildman–Crippen MR) is 189 cm³/mol. The first kappa shape index (κ1) is 39.7. The van der Waals surface area contributed by atoms with Crippen LogP contribution in [0.2, 0.25) is 18.1 Å². The maximum Gasteiger partial charge on any atom is 0.269 e. The van der Waals surface area contributed by atoms with Crippen molar-refractivity contribution in [3.63, 3.8) is 0 Å². The molecule has 0 saturated heterocycles. The van der Waals surface area contributed by atoms with Crippen LogP contribution in [0.4, 0.5) is 0 Å². The molecule has 15 heteroatoms. The van der Waals surface area contributed by atoms with Gasteiger partial charge in [0, 0.05) is 26.4 Å². The highest BCUT2D eigenvalue weighted by atomic mass is 28.4. The van der Waals surface area contributed by atoms with Crippen molar-refractivity contribution in [1.29, 1.82) is 0 Å². The summed E-state index contributed by atoms with van der Waals surface area (Å²) >= 11 is 0. The zero-order chi connectivity index (χ0) is 36.2. The normalized spacial score (nSPS) is 13.2. The highest BCUT2D eigenvalue weighted by Crippen LogP contribution is 2.36. The summed E-state index contributed by atoms with van der Waals surface area (Å²) in [5.41, 5.74) is 2.25. The lowest BCUT2D eigenvalue weighted by Gasteiger charge is -2.37. The van der Waals surface area contributed by atoms with Gasteiger partial charge in [0.1, 0.15) is 37.3 Å². The van der Waals surface area contributed by atoms with Crippen molar-refractivity contribution in [2.24, 2.45) is 0 Å². The van der Waals surface area contributed by atoms with Crippen molar-refractivity contribution in [1.82, 2.24) is 19.1 Å². The second-order valence-electron chi connectivity index (χ2n) is 12.8. The molecule has 0 fully saturated rings. The Morgan fingerprint density at radius 1 is 0.755 bits per heavy atom. The number of nitrogens with zero attached hydrogens (tertiary/aromatic N) is 4. The van der Waals surface area contributed by atoms with Crippen LogP contribution in [0.25, 0.3) is 22.1 Å². The number of benzene rings is 2. The van der Waals surface area contributed by atoms with Crippen molar-refractivity contribution in [3.8, 4) is 11.5 Å². The van der Waals surface area contributed by atoms with Crippen LogP contribution in [0.3, 0.4) is 0 Å². The maximum absolute atomic E-state index is 12.5. The molecular formula is C34H50N4O10Si. The van der Waals surface area contributed by atoms with Crippen LogP contribution in [0.5, 0.6) is 11.5 Å². The second kappa shape index (κ2) is 18.3. The average molecular weight is 703 g/mol. The molecule has 1 N–H and O–H groups in total. The largest absolute Gasteiger partial charge is 0.497 e. The molecule has 0 aliphatic heterocycles. The van der Waals surface area contributed by atoms with Gasteiger partial charge in [-0.3, -0.25) is 9.59 Å². The van der Waals surface area contributed by atoms with Gasteiger partial charge in [-0.2, -0.15) is 0 Å². The zero-order valence-corrected chi connectivity index (χ0v) is 30.9. The minimum Gasteiger partial charge on any atom is -0.497 e. The minimum atomic E-state index is -1.95. The summed E-state index contributed by atoms with van der Waals surface area (Å²) in [7, 11) is 4.27. The fraction of sp³-hybridized carbons (Fsp3) is 0.529. The summed E-state index contributed by atoms with van der Waals surface area (Å²) in [6.45, 7) is 11.8. The molecule has 0 spiro atoms. The number of hydrogen-bond donors (Lipinski definition) is 1. The summed E-state index contributed by atoms with van der Waals surface area (Å²) in [5, 5.41) is 9.43. The number of aliphatic hydroxyl groups is 1. The summed E-state index contributed by atoms with van der Waals surface area (Å²) in [6, 6.07) is 10.7. The van der Waals surface area contributed by atoms with Crippen LogP contribution in [0.1, 0.15) is 20.8 Å². The van der Waals surface area contributed by atoms with Crippen molar-refractivity contribution in [3.05, 3.63) is 69.5 Å². The van der Waals surface area contributed by atoms with Gasteiger partial charge in [0.25, 0.3) is 11.1 Å². The standard InChI is InChI=1S/C20H32N2O5Si.C14H18N2O5/c1-20(2,3)28(6,7)27-13-16(26-14-24-4)12-22-18-10-15(25-5)8-9-17(18)21-11-19(22)23;1-19-9-21-11(8-17)7-16-13-5-10(20-2)3-4-12(13)15-6-14(16)18/h8-11,16H,12-14H2,1-7H3;3-6,11,17H,7-9H2,1-2H3. The van der Waals surface area contributed by atoms with E-state index in [-0.39, 0.29) is 49.0 Å². The molecule has 270 valence electrons. The molecular weight excluding hydrogens is 652 g/mol. The molecule has 14 nitrogen and oxygen atoms in total. The molecule has 2 aromatic carbocycles. The molecule has 0 saturated carbocycles. The van der Waals surface area contributed by atoms with E-state index in [1.807, 2.05) is 18.2 Å². The Bertz CT molecular complexity index is 1760. The van der Waals surface area contributed by atoms with E-state index in [0.29, 0.717) is 41.2 Å². The smallest absolute Gasteiger partial charge is 0.269 e. The molecule has 2 heterocycles. The lowest BCUT2D eigenvalue weighted by Crippen LogP contribution is -2.44. The van der Waals surface area contributed by atoms with Crippen molar-refractivity contribution in [2.75, 3.05) is 55.2 Å². The predicted octanol–water partition coefficient (Wildman–Crippen LogP) is 3.80. The van der Waals surface area contributed by atoms with E-state index in [1.165, 1.54) is 24.1 Å². The molecule has 4 rings (SSSR count). The zero-order valence-electron chi connectivity index (χ0n) is 29.9. The van der Waals surface area contributed by atoms with Crippen LogP contribution >= 0.6 is 0 Å². The Morgan fingerprint density at radius 3 is 1.61 bits per heavy atom. The number of rotatable bonds is 16. The molecule has 0 amide bonds. The van der Waals surface area contributed by atoms with Gasteiger partial charge in [-0.25, -0.2) is 9.97 Å². The second-order valence-corrected chi connectivity index (χ2v) is 17.6. The van der Waals surface area contributed by atoms with Gasteiger partial charge in [0.15, 0.2) is 8.32 Å². The van der Waals surface area contributed by atoms with Gasteiger partial charge < -0.3 is 47.1 Å². The van der Waals surface area contributed by atoms with Crippen LogP contribution in [-0.4, -0.2) is 100.0 Å². The summed E-state index contributed by atoms with van der Waals surface area (Å²) in [4.78, 5) is 32.9. The van der Waals surface area contributed by atoms with Gasteiger partial charge in [-0.05, 0) is 42.4 Å². The van der Waals surface area contributed by atoms with Gasteiger partial charge in [-0.1, -0.05) is 20.8 Å². The monoisotopic (exact) mass is 702 g/mol. The molecule has 2 unspecified atom stereocenters. The van der Waals surface area contributed by atoms with Crippen LogP contribution in [-0.2, 0) is 36.5 Å². The highest BCUT2D eigenvalue weighted by Gasteiger charge is 2.37. The van der Waals surface area contributed by atoms with Crippen molar-refractivity contribution < 1.29 is 38.0 Å². The molecule has 2 aromatic heterocycles. The molecule has 2 atom stereocenters. The molecule has 0 aliphatic carbocycles. The summed E-state index contributed by atoms with van der Waals surface area (Å²) in [5.74, 6) is 1.29. The molecule has 0 bridgehead atoms. The van der Waals surface area contributed by atoms with E-state index in [9.17, 15) is 14.7 Å². The topological polar surface area (TPSA) is 155 Å². The molecule has 49 heavy (non-hydrogen) atoms. The van der Waals surface area contributed by atoms with E-state index in [4.69, 9.17) is 32.8 Å². The van der Waals surface area contributed by atoms with Crippen LogP contribution in [0, 0.1) is 0 Å². The number of methoxy groups -OCH3 is 4. The maximum atomic E-state index is 12.5. The molecule has 0 aliphatic rings. The Labute approximate surface area is 287 Å². The number of aromatic nitrogens is 4. The molecule has 0 radical (unpaired) electrons. The Balaban J connectivity index is 0.000000276. The lowest BCUT2D eigenvalue weighted by molar-refractivity contribution is -0.0918. The third-order valence-electron chi connectivity index (χ3n) is 8.36. The van der Waals surface area contributed by atoms with Gasteiger partial charge in [-0.15, -0.1) is 0 Å². The minimum absolute atomic E-state index is 0.0479. The third-order valence-corrected chi connectivity index (χ3v) is 12.9. The number of hydrogen-bond acceptors (Lipinski definition) is 12. The van der Waals surface area contributed by atoms with Crippen molar-refractivity contribution in [2.45, 2.75) is 64.2 Å². The first-order valence-corrected chi connectivity index (χ1v) is 18.7. The Kier molecular flexibility index (Phi) is 14.9. The fourth-order valence-electron chi connectivity index (χ4n) is 4.48. The van der Waals surface area contributed by atoms with E-state index < -0.39 is 14.4 Å². The number of ether oxygens (including phenoxy) is 6. The lowest BCUT2D eigenvalue weighted by atomic mass is 10.2. The first-order valence-electron chi connectivity index (χ1n) is 15.8. The Hall–Kier alpha value is -3.70.